The van der Waals surface area contributed by atoms with E-state index in [0.29, 0.717) is 17.7 Å². The van der Waals surface area contributed by atoms with Gasteiger partial charge in [0.1, 0.15) is 0 Å². The van der Waals surface area contributed by atoms with Gasteiger partial charge in [-0.05, 0) is 42.5 Å². The van der Waals surface area contributed by atoms with Crippen LogP contribution in [0.15, 0.2) is 16.8 Å². The summed E-state index contributed by atoms with van der Waals surface area (Å²) >= 11 is 1.63. The lowest BCUT2D eigenvalue weighted by molar-refractivity contribution is -0.139. The summed E-state index contributed by atoms with van der Waals surface area (Å²) < 4.78 is 5.39. The van der Waals surface area contributed by atoms with Crippen LogP contribution in [0.3, 0.4) is 0 Å². The van der Waals surface area contributed by atoms with E-state index < -0.39 is 0 Å². The van der Waals surface area contributed by atoms with E-state index in [1.807, 2.05) is 26.6 Å². The maximum atomic E-state index is 13.0. The molecule has 3 saturated heterocycles. The highest BCUT2D eigenvalue weighted by Gasteiger charge is 2.59. The Balaban J connectivity index is 1.24. The third-order valence-corrected chi connectivity index (χ3v) is 7.27. The van der Waals surface area contributed by atoms with Gasteiger partial charge in [0, 0.05) is 30.9 Å². The van der Waals surface area contributed by atoms with Gasteiger partial charge in [0.15, 0.2) is 0 Å². The van der Waals surface area contributed by atoms with Gasteiger partial charge >= 0.3 is 0 Å². The molecule has 1 unspecified atom stereocenters. The van der Waals surface area contributed by atoms with E-state index in [9.17, 15) is 9.59 Å². The topological polar surface area (TPSA) is 49.9 Å². The predicted octanol–water partition coefficient (Wildman–Crippen LogP) is 1.99. The molecule has 1 aromatic heterocycles. The molecule has 4 fully saturated rings. The van der Waals surface area contributed by atoms with Crippen LogP contribution in [0.25, 0.3) is 0 Å². The lowest BCUT2D eigenvalue weighted by atomic mass is 9.77. The van der Waals surface area contributed by atoms with Crippen molar-refractivity contribution in [1.82, 2.24) is 4.90 Å². The summed E-state index contributed by atoms with van der Waals surface area (Å²) in [6, 6.07) is 2.02. The van der Waals surface area contributed by atoms with Crippen LogP contribution in [0.5, 0.6) is 0 Å². The Morgan fingerprint density at radius 3 is 2.54 bits per heavy atom. The molecule has 5 nitrogen and oxygen atoms in total. The van der Waals surface area contributed by atoms with Gasteiger partial charge in [0.05, 0.1) is 24.3 Å². The first-order valence-corrected chi connectivity index (χ1v) is 9.85. The van der Waals surface area contributed by atoms with E-state index in [2.05, 4.69) is 0 Å². The summed E-state index contributed by atoms with van der Waals surface area (Å²) in [5.41, 5.74) is 0.799. The highest BCUT2D eigenvalue weighted by atomic mass is 32.1. The van der Waals surface area contributed by atoms with Crippen LogP contribution in [-0.2, 0) is 14.3 Å². The molecule has 0 aromatic carbocycles. The number of carbonyl (C=O) groups is 2. The number of amides is 2. The number of ether oxygens (including phenoxy) is 1. The smallest absolute Gasteiger partial charge is 0.233 e. The molecule has 1 aromatic rings. The Hall–Kier alpha value is -1.40. The maximum Gasteiger partial charge on any atom is 0.233 e. The van der Waals surface area contributed by atoms with Crippen molar-refractivity contribution >= 4 is 28.8 Å². The lowest BCUT2D eigenvalue weighted by Gasteiger charge is -2.38. The second kappa shape index (κ2) is 5.30. The molecule has 4 heterocycles. The lowest BCUT2D eigenvalue weighted by Crippen LogP contribution is -2.47. The molecule has 4 aliphatic rings. The zero-order valence-corrected chi connectivity index (χ0v) is 14.5. The zero-order valence-electron chi connectivity index (χ0n) is 13.6. The summed E-state index contributed by atoms with van der Waals surface area (Å²) in [6.07, 6.45) is 2.56. The molecule has 1 aliphatic carbocycles. The number of nitrogens with zero attached hydrogens (tertiary/aromatic N) is 2. The molecule has 0 N–H and O–H groups in total. The van der Waals surface area contributed by atoms with Gasteiger partial charge in [-0.2, -0.15) is 11.3 Å². The zero-order chi connectivity index (χ0) is 16.3. The van der Waals surface area contributed by atoms with E-state index in [1.54, 1.807) is 11.3 Å². The fourth-order valence-corrected chi connectivity index (χ4v) is 5.56. The quantitative estimate of drug-likeness (QED) is 0.823. The first-order valence-electron chi connectivity index (χ1n) is 8.90. The van der Waals surface area contributed by atoms with Crippen molar-refractivity contribution < 1.29 is 14.3 Å². The highest BCUT2D eigenvalue weighted by molar-refractivity contribution is 7.08. The molecule has 2 amide bonds. The van der Waals surface area contributed by atoms with Crippen LogP contribution in [0.2, 0.25) is 0 Å². The average Bonchev–Trinajstić information content (AvgIpc) is 3.07. The largest absolute Gasteiger partial charge is 0.381 e. The van der Waals surface area contributed by atoms with Gasteiger partial charge in [0.25, 0.3) is 0 Å². The summed E-state index contributed by atoms with van der Waals surface area (Å²) in [6.45, 7) is 3.80. The second-order valence-corrected chi connectivity index (χ2v) is 8.46. The van der Waals surface area contributed by atoms with Gasteiger partial charge in [-0.25, -0.2) is 0 Å². The molecule has 3 atom stereocenters. The Bertz CT molecular complexity index is 656. The number of piperidine rings is 1. The van der Waals surface area contributed by atoms with Crippen molar-refractivity contribution in [1.29, 1.82) is 0 Å². The molecular weight excluding hydrogens is 324 g/mol. The molecule has 24 heavy (non-hydrogen) atoms. The average molecular weight is 346 g/mol. The number of thiophene rings is 1. The van der Waals surface area contributed by atoms with Gasteiger partial charge < -0.3 is 14.5 Å². The number of carbonyl (C=O) groups excluding carboxylic acids is 2. The van der Waals surface area contributed by atoms with Crippen molar-refractivity contribution in [3.05, 3.63) is 16.8 Å². The van der Waals surface area contributed by atoms with Crippen molar-refractivity contribution in [2.75, 3.05) is 37.7 Å². The number of likely N-dealkylation sites (tertiary alicyclic amines) is 1. The number of anilines is 1. The fourth-order valence-electron chi connectivity index (χ4n) is 4.91. The molecule has 1 saturated carbocycles. The van der Waals surface area contributed by atoms with E-state index in [0.717, 1.165) is 57.8 Å². The van der Waals surface area contributed by atoms with Gasteiger partial charge in [-0.15, -0.1) is 0 Å². The minimum atomic E-state index is -0.235. The minimum absolute atomic E-state index is 0.203. The predicted molar refractivity (Wildman–Crippen MR) is 90.8 cm³/mol. The Kier molecular flexibility index (Phi) is 3.29. The number of rotatable bonds is 2. The van der Waals surface area contributed by atoms with Crippen LogP contribution >= 0.6 is 11.3 Å². The first-order chi connectivity index (χ1) is 11.7. The summed E-state index contributed by atoms with van der Waals surface area (Å²) in [5.74, 6) is 1.72. The van der Waals surface area contributed by atoms with Crippen molar-refractivity contribution in [3.63, 3.8) is 0 Å². The number of hydrogen-bond donors (Lipinski definition) is 0. The monoisotopic (exact) mass is 346 g/mol. The molecule has 5 rings (SSSR count). The van der Waals surface area contributed by atoms with Crippen LogP contribution in [0, 0.1) is 23.2 Å². The van der Waals surface area contributed by atoms with Crippen LogP contribution in [-0.4, -0.2) is 49.6 Å². The van der Waals surface area contributed by atoms with E-state index in [-0.39, 0.29) is 17.2 Å². The summed E-state index contributed by atoms with van der Waals surface area (Å²) in [4.78, 5) is 29.6. The van der Waals surface area contributed by atoms with Crippen LogP contribution in [0.4, 0.5) is 5.69 Å². The summed E-state index contributed by atoms with van der Waals surface area (Å²) in [5, 5.41) is 4.06. The third-order valence-electron chi connectivity index (χ3n) is 6.60. The SMILES string of the molecule is O=C(C1[C@H]2COC[C@@H]12)N1CCC2(CC1)CCN(c1ccsc1)C2=O. The molecule has 1 spiro atoms. The highest BCUT2D eigenvalue weighted by Crippen LogP contribution is 2.52. The van der Waals surface area contributed by atoms with Gasteiger partial charge in [0.2, 0.25) is 11.8 Å². The Morgan fingerprint density at radius 2 is 1.88 bits per heavy atom. The van der Waals surface area contributed by atoms with Crippen molar-refractivity contribution in [2.45, 2.75) is 19.3 Å². The standard InChI is InChI=1S/C18H22N2O3S/c21-16(15-13-9-23-10-14(13)15)19-5-2-18(3-6-19)4-7-20(17(18)22)12-1-8-24-11-12/h1,8,11,13-15H,2-7,9-10H2/t13-,14+,15?. The minimum Gasteiger partial charge on any atom is -0.381 e. The molecule has 0 radical (unpaired) electrons. The van der Waals surface area contributed by atoms with E-state index in [4.69, 9.17) is 4.74 Å². The van der Waals surface area contributed by atoms with Crippen LogP contribution in [0.1, 0.15) is 19.3 Å². The molecular formula is C18H22N2O3S. The molecule has 3 aliphatic heterocycles. The van der Waals surface area contributed by atoms with Crippen LogP contribution < -0.4 is 4.90 Å². The van der Waals surface area contributed by atoms with Gasteiger partial charge in [-0.1, -0.05) is 0 Å². The maximum absolute atomic E-state index is 13.0. The van der Waals surface area contributed by atoms with Gasteiger partial charge in [-0.3, -0.25) is 9.59 Å². The number of hydrogen-bond acceptors (Lipinski definition) is 4. The number of fused-ring (bicyclic) bond motifs is 1. The van der Waals surface area contributed by atoms with E-state index >= 15 is 0 Å². The Morgan fingerprint density at radius 1 is 1.17 bits per heavy atom. The first kappa shape index (κ1) is 14.9. The van der Waals surface area contributed by atoms with Crippen molar-refractivity contribution in [3.8, 4) is 0 Å². The van der Waals surface area contributed by atoms with Crippen molar-refractivity contribution in [2.24, 2.45) is 23.2 Å². The molecule has 128 valence electrons. The molecule has 6 heteroatoms. The second-order valence-electron chi connectivity index (χ2n) is 7.68. The normalized spacial score (nSPS) is 34.0. The summed E-state index contributed by atoms with van der Waals surface area (Å²) in [7, 11) is 0. The Labute approximate surface area is 145 Å². The fraction of sp³-hybridized carbons (Fsp3) is 0.667. The third kappa shape index (κ3) is 2.09. The molecule has 0 bridgehead atoms. The van der Waals surface area contributed by atoms with E-state index in [1.165, 1.54) is 0 Å².